The number of likely N-dealkylation sites (tertiary alicyclic amines) is 1. The van der Waals surface area contributed by atoms with Gasteiger partial charge in [0.15, 0.2) is 0 Å². The number of aryl methyl sites for hydroxylation is 1. The average Bonchev–Trinajstić information content (AvgIpc) is 2.15. The molecule has 1 aliphatic heterocycles. The van der Waals surface area contributed by atoms with Crippen molar-refractivity contribution in [1.82, 2.24) is 4.90 Å². The van der Waals surface area contributed by atoms with Gasteiger partial charge in [-0.3, -0.25) is 4.90 Å². The molecule has 1 fully saturated rings. The summed E-state index contributed by atoms with van der Waals surface area (Å²) in [6.07, 6.45) is 0. The molecule has 0 atom stereocenters. The summed E-state index contributed by atoms with van der Waals surface area (Å²) in [4.78, 5) is 2.34. The van der Waals surface area contributed by atoms with Crippen molar-refractivity contribution in [3.63, 3.8) is 0 Å². The molecule has 0 bridgehead atoms. The van der Waals surface area contributed by atoms with E-state index in [-0.39, 0.29) is 5.54 Å². The second kappa shape index (κ2) is 4.07. The van der Waals surface area contributed by atoms with Gasteiger partial charge in [-0.1, -0.05) is 17.7 Å². The summed E-state index contributed by atoms with van der Waals surface area (Å²) in [5, 5.41) is 0. The van der Waals surface area contributed by atoms with E-state index in [0.29, 0.717) is 0 Å². The first-order valence-electron chi connectivity index (χ1n) is 5.65. The molecule has 0 saturated carbocycles. The maximum absolute atomic E-state index is 5.99. The Morgan fingerprint density at radius 1 is 1.44 bits per heavy atom. The van der Waals surface area contributed by atoms with Crippen molar-refractivity contribution in [3.05, 3.63) is 29.3 Å². The predicted molar refractivity (Wildman–Crippen MR) is 65.6 cm³/mol. The average molecular weight is 220 g/mol. The van der Waals surface area contributed by atoms with Gasteiger partial charge >= 0.3 is 0 Å². The highest BCUT2D eigenvalue weighted by atomic mass is 16.5. The Hall–Kier alpha value is -1.06. The van der Waals surface area contributed by atoms with Crippen molar-refractivity contribution in [2.75, 3.05) is 20.2 Å². The van der Waals surface area contributed by atoms with E-state index in [1.165, 1.54) is 11.1 Å². The first-order valence-corrected chi connectivity index (χ1v) is 5.65. The lowest BCUT2D eigenvalue weighted by molar-refractivity contribution is 0.0756. The van der Waals surface area contributed by atoms with E-state index in [1.54, 1.807) is 7.11 Å². The monoisotopic (exact) mass is 220 g/mol. The number of nitrogens with two attached hydrogens (primary N) is 1. The van der Waals surface area contributed by atoms with Crippen LogP contribution < -0.4 is 10.5 Å². The highest BCUT2D eigenvalue weighted by Crippen LogP contribution is 2.25. The third-order valence-electron chi connectivity index (χ3n) is 3.00. The Balaban J connectivity index is 2.06. The molecule has 3 nitrogen and oxygen atoms in total. The molecule has 1 saturated heterocycles. The van der Waals surface area contributed by atoms with Gasteiger partial charge in [-0.15, -0.1) is 0 Å². The van der Waals surface area contributed by atoms with E-state index in [0.717, 1.165) is 25.4 Å². The molecule has 3 heteroatoms. The van der Waals surface area contributed by atoms with Crippen molar-refractivity contribution in [2.45, 2.75) is 25.9 Å². The standard InChI is InChI=1S/C13H20N2O/c1-10-4-5-12(16-3)11(6-10)7-15-8-13(2,14)9-15/h4-6H,7-9,14H2,1-3H3. The van der Waals surface area contributed by atoms with Gasteiger partial charge in [-0.2, -0.15) is 0 Å². The van der Waals surface area contributed by atoms with Crippen LogP contribution >= 0.6 is 0 Å². The molecule has 0 amide bonds. The third-order valence-corrected chi connectivity index (χ3v) is 3.00. The van der Waals surface area contributed by atoms with Crippen molar-refractivity contribution in [2.24, 2.45) is 5.73 Å². The van der Waals surface area contributed by atoms with E-state index in [2.05, 4.69) is 30.9 Å². The Labute approximate surface area is 97.2 Å². The van der Waals surface area contributed by atoms with Crippen LogP contribution in [0.3, 0.4) is 0 Å². The van der Waals surface area contributed by atoms with Gasteiger partial charge in [0.1, 0.15) is 5.75 Å². The topological polar surface area (TPSA) is 38.5 Å². The number of hydrogen-bond donors (Lipinski definition) is 1. The fourth-order valence-corrected chi connectivity index (χ4v) is 2.36. The molecule has 88 valence electrons. The summed E-state index contributed by atoms with van der Waals surface area (Å²) < 4.78 is 5.36. The minimum atomic E-state index is -0.00292. The van der Waals surface area contributed by atoms with E-state index in [1.807, 2.05) is 6.07 Å². The first-order chi connectivity index (χ1) is 7.50. The second-order valence-corrected chi connectivity index (χ2v) is 5.11. The van der Waals surface area contributed by atoms with E-state index in [9.17, 15) is 0 Å². The molecule has 1 aromatic carbocycles. The molecule has 0 radical (unpaired) electrons. The molecular formula is C13H20N2O. The Morgan fingerprint density at radius 2 is 2.12 bits per heavy atom. The first kappa shape index (κ1) is 11.4. The predicted octanol–water partition coefficient (Wildman–Crippen LogP) is 1.54. The Kier molecular flexibility index (Phi) is 2.91. The van der Waals surface area contributed by atoms with Gasteiger partial charge in [0.05, 0.1) is 7.11 Å². The molecule has 2 N–H and O–H groups in total. The lowest BCUT2D eigenvalue weighted by Crippen LogP contribution is -2.64. The van der Waals surface area contributed by atoms with Gasteiger partial charge in [0.2, 0.25) is 0 Å². The number of hydrogen-bond acceptors (Lipinski definition) is 3. The van der Waals surface area contributed by atoms with Gasteiger partial charge in [0, 0.05) is 30.7 Å². The fourth-order valence-electron chi connectivity index (χ4n) is 2.36. The van der Waals surface area contributed by atoms with Crippen molar-refractivity contribution < 1.29 is 4.74 Å². The van der Waals surface area contributed by atoms with Crippen LogP contribution in [0.4, 0.5) is 0 Å². The molecule has 1 aromatic rings. The molecule has 1 heterocycles. The molecule has 2 rings (SSSR count). The molecule has 0 unspecified atom stereocenters. The van der Waals surface area contributed by atoms with Gasteiger partial charge in [0.25, 0.3) is 0 Å². The van der Waals surface area contributed by atoms with Crippen LogP contribution in [-0.4, -0.2) is 30.6 Å². The highest BCUT2D eigenvalue weighted by Gasteiger charge is 2.34. The lowest BCUT2D eigenvalue weighted by Gasteiger charge is -2.45. The zero-order chi connectivity index (χ0) is 11.8. The van der Waals surface area contributed by atoms with E-state index in [4.69, 9.17) is 10.5 Å². The van der Waals surface area contributed by atoms with Gasteiger partial charge in [-0.25, -0.2) is 0 Å². The lowest BCUT2D eigenvalue weighted by atomic mass is 9.93. The summed E-state index contributed by atoms with van der Waals surface area (Å²) in [7, 11) is 1.72. The van der Waals surface area contributed by atoms with E-state index >= 15 is 0 Å². The van der Waals surface area contributed by atoms with Gasteiger partial charge in [-0.05, 0) is 19.9 Å². The molecule has 1 aliphatic rings. The van der Waals surface area contributed by atoms with Crippen LogP contribution in [0.25, 0.3) is 0 Å². The Morgan fingerprint density at radius 3 is 2.69 bits per heavy atom. The molecule has 0 aromatic heterocycles. The van der Waals surface area contributed by atoms with Gasteiger partial charge < -0.3 is 10.5 Å². The normalized spacial score (nSPS) is 19.2. The Bertz CT molecular complexity index is 380. The smallest absolute Gasteiger partial charge is 0.123 e. The van der Waals surface area contributed by atoms with Crippen molar-refractivity contribution in [3.8, 4) is 5.75 Å². The third kappa shape index (κ3) is 2.36. The SMILES string of the molecule is COc1ccc(C)cc1CN1CC(C)(N)C1. The largest absolute Gasteiger partial charge is 0.496 e. The van der Waals surface area contributed by atoms with E-state index < -0.39 is 0 Å². The number of methoxy groups -OCH3 is 1. The van der Waals surface area contributed by atoms with Crippen molar-refractivity contribution in [1.29, 1.82) is 0 Å². The minimum absolute atomic E-state index is 0.00292. The maximum Gasteiger partial charge on any atom is 0.123 e. The zero-order valence-corrected chi connectivity index (χ0v) is 10.3. The fraction of sp³-hybridized carbons (Fsp3) is 0.538. The zero-order valence-electron chi connectivity index (χ0n) is 10.3. The van der Waals surface area contributed by atoms with Crippen molar-refractivity contribution >= 4 is 0 Å². The molecule has 0 spiro atoms. The van der Waals surface area contributed by atoms with Crippen LogP contribution in [-0.2, 0) is 6.54 Å². The quantitative estimate of drug-likeness (QED) is 0.839. The summed E-state index contributed by atoms with van der Waals surface area (Å²) >= 11 is 0. The molecule has 16 heavy (non-hydrogen) atoms. The van der Waals surface area contributed by atoms with Crippen LogP contribution in [0.2, 0.25) is 0 Å². The number of nitrogens with zero attached hydrogens (tertiary/aromatic N) is 1. The van der Waals surface area contributed by atoms with Crippen LogP contribution in [0.5, 0.6) is 5.75 Å². The van der Waals surface area contributed by atoms with Crippen LogP contribution in [0.15, 0.2) is 18.2 Å². The maximum atomic E-state index is 5.99. The minimum Gasteiger partial charge on any atom is -0.496 e. The second-order valence-electron chi connectivity index (χ2n) is 5.11. The molecular weight excluding hydrogens is 200 g/mol. The number of benzene rings is 1. The summed E-state index contributed by atoms with van der Waals surface area (Å²) in [6, 6.07) is 6.29. The van der Waals surface area contributed by atoms with Crippen LogP contribution in [0.1, 0.15) is 18.1 Å². The summed E-state index contributed by atoms with van der Waals surface area (Å²) in [6.45, 7) is 7.05. The summed E-state index contributed by atoms with van der Waals surface area (Å²) in [5.41, 5.74) is 8.51. The van der Waals surface area contributed by atoms with Crippen LogP contribution in [0, 0.1) is 6.92 Å². The number of rotatable bonds is 3. The summed E-state index contributed by atoms with van der Waals surface area (Å²) in [5.74, 6) is 0.969. The number of ether oxygens (including phenoxy) is 1. The highest BCUT2D eigenvalue weighted by molar-refractivity contribution is 5.37. The molecule has 0 aliphatic carbocycles.